The van der Waals surface area contributed by atoms with Crippen LogP contribution in [-0.2, 0) is 0 Å². The molecule has 0 radical (unpaired) electrons. The molecule has 2 nitrogen and oxygen atoms in total. The second kappa shape index (κ2) is 7.91. The van der Waals surface area contributed by atoms with Gasteiger partial charge in [-0.1, -0.05) is 52.7 Å². The molecule has 2 N–H and O–H groups in total. The highest BCUT2D eigenvalue weighted by Gasteiger charge is 2.01. The lowest BCUT2D eigenvalue weighted by molar-refractivity contribution is 0.100. The first-order valence-corrected chi connectivity index (χ1v) is 5.92. The third kappa shape index (κ3) is 5.54. The highest BCUT2D eigenvalue weighted by molar-refractivity contribution is 5.92. The van der Waals surface area contributed by atoms with Gasteiger partial charge in [-0.05, 0) is 23.6 Å². The molecule has 16 heavy (non-hydrogen) atoms. The maximum Gasteiger partial charge on any atom is 0.248 e. The number of hydrogen-bond donors (Lipinski definition) is 1. The van der Waals surface area contributed by atoms with Crippen molar-refractivity contribution in [1.82, 2.24) is 0 Å². The summed E-state index contributed by atoms with van der Waals surface area (Å²) in [6.07, 6.45) is 2.64. The molecule has 0 heterocycles. The quantitative estimate of drug-likeness (QED) is 0.830. The molecule has 1 amide bonds. The Morgan fingerprint density at radius 2 is 1.56 bits per heavy atom. The first kappa shape index (κ1) is 14.7. The van der Waals surface area contributed by atoms with E-state index in [0.717, 1.165) is 0 Å². The Labute approximate surface area is 98.9 Å². The molecule has 0 unspecified atom stereocenters. The molecule has 1 rings (SSSR count). The van der Waals surface area contributed by atoms with Gasteiger partial charge in [-0.25, -0.2) is 0 Å². The number of rotatable bonds is 3. The molecule has 90 valence electrons. The molecule has 0 aliphatic carbocycles. The third-order valence-corrected chi connectivity index (χ3v) is 2.36. The van der Waals surface area contributed by atoms with E-state index in [-0.39, 0.29) is 5.91 Å². The molecule has 0 spiro atoms. The van der Waals surface area contributed by atoms with Crippen molar-refractivity contribution in [3.8, 4) is 0 Å². The van der Waals surface area contributed by atoms with E-state index in [2.05, 4.69) is 27.7 Å². The van der Waals surface area contributed by atoms with Crippen LogP contribution in [0.5, 0.6) is 0 Å². The summed E-state index contributed by atoms with van der Waals surface area (Å²) in [5.74, 6) is 0.122. The molecule has 0 aliphatic rings. The van der Waals surface area contributed by atoms with Gasteiger partial charge in [0.25, 0.3) is 0 Å². The summed E-state index contributed by atoms with van der Waals surface area (Å²) >= 11 is 0. The van der Waals surface area contributed by atoms with Crippen LogP contribution < -0.4 is 5.73 Å². The number of hydrogen-bond acceptors (Lipinski definition) is 1. The summed E-state index contributed by atoms with van der Waals surface area (Å²) in [7, 11) is 0. The number of benzene rings is 1. The van der Waals surface area contributed by atoms with Gasteiger partial charge in [-0.15, -0.1) is 0 Å². The van der Waals surface area contributed by atoms with Crippen molar-refractivity contribution < 1.29 is 4.79 Å². The molecular weight excluding hydrogens is 198 g/mol. The SMILES string of the molecule is CC(C)c1ccc(C(N)=O)cc1.CCCC. The van der Waals surface area contributed by atoms with Crippen molar-refractivity contribution in [2.75, 3.05) is 0 Å². The van der Waals surface area contributed by atoms with Crippen LogP contribution in [0.4, 0.5) is 0 Å². The van der Waals surface area contributed by atoms with Gasteiger partial charge in [0.15, 0.2) is 0 Å². The van der Waals surface area contributed by atoms with Crippen molar-refractivity contribution >= 4 is 5.91 Å². The molecule has 2 heteroatoms. The molecule has 0 atom stereocenters. The molecule has 0 fully saturated rings. The highest BCUT2D eigenvalue weighted by Crippen LogP contribution is 2.14. The smallest absolute Gasteiger partial charge is 0.248 e. The number of carbonyl (C=O) groups is 1. The van der Waals surface area contributed by atoms with Gasteiger partial charge in [0, 0.05) is 5.56 Å². The number of unbranched alkanes of at least 4 members (excludes halogenated alkanes) is 1. The Bertz CT molecular complexity index is 299. The minimum atomic E-state index is -0.370. The van der Waals surface area contributed by atoms with Crippen molar-refractivity contribution in [1.29, 1.82) is 0 Å². The normalized spacial score (nSPS) is 9.56. The van der Waals surface area contributed by atoms with E-state index in [4.69, 9.17) is 5.73 Å². The molecular formula is C14H23NO. The average Bonchev–Trinajstić information content (AvgIpc) is 2.29. The summed E-state index contributed by atoms with van der Waals surface area (Å²) in [5.41, 5.74) is 6.89. The van der Waals surface area contributed by atoms with Gasteiger partial charge >= 0.3 is 0 Å². The van der Waals surface area contributed by atoms with Crippen molar-refractivity contribution in [3.05, 3.63) is 35.4 Å². The summed E-state index contributed by atoms with van der Waals surface area (Å²) in [6.45, 7) is 8.58. The Morgan fingerprint density at radius 1 is 1.12 bits per heavy atom. The number of nitrogens with two attached hydrogens (primary N) is 1. The first-order chi connectivity index (χ1) is 7.52. The summed E-state index contributed by atoms with van der Waals surface area (Å²) in [6, 6.07) is 7.39. The van der Waals surface area contributed by atoms with E-state index in [0.29, 0.717) is 11.5 Å². The lowest BCUT2D eigenvalue weighted by Crippen LogP contribution is -2.10. The minimum absolute atomic E-state index is 0.370. The van der Waals surface area contributed by atoms with Crippen LogP contribution in [-0.4, -0.2) is 5.91 Å². The zero-order valence-electron chi connectivity index (χ0n) is 10.8. The Kier molecular flexibility index (Phi) is 7.27. The van der Waals surface area contributed by atoms with Crippen LogP contribution in [0.2, 0.25) is 0 Å². The number of primary amides is 1. The second-order valence-corrected chi connectivity index (χ2v) is 4.14. The maximum atomic E-state index is 10.7. The fourth-order valence-corrected chi connectivity index (χ4v) is 1.03. The Morgan fingerprint density at radius 3 is 1.81 bits per heavy atom. The van der Waals surface area contributed by atoms with Crippen LogP contribution >= 0.6 is 0 Å². The molecule has 1 aromatic rings. The Balaban J connectivity index is 0.000000487. The van der Waals surface area contributed by atoms with Gasteiger partial charge in [-0.2, -0.15) is 0 Å². The van der Waals surface area contributed by atoms with E-state index in [1.807, 2.05) is 12.1 Å². The zero-order chi connectivity index (χ0) is 12.6. The Hall–Kier alpha value is -1.31. The van der Waals surface area contributed by atoms with E-state index < -0.39 is 0 Å². The first-order valence-electron chi connectivity index (χ1n) is 5.92. The van der Waals surface area contributed by atoms with Crippen molar-refractivity contribution in [3.63, 3.8) is 0 Å². The van der Waals surface area contributed by atoms with Crippen molar-refractivity contribution in [2.45, 2.75) is 46.5 Å². The summed E-state index contributed by atoms with van der Waals surface area (Å²) in [4.78, 5) is 10.7. The topological polar surface area (TPSA) is 43.1 Å². The number of amides is 1. The van der Waals surface area contributed by atoms with Crippen LogP contribution in [0.1, 0.15) is 62.4 Å². The molecule has 0 saturated heterocycles. The van der Waals surface area contributed by atoms with Crippen molar-refractivity contribution in [2.24, 2.45) is 5.73 Å². The molecule has 0 aromatic heterocycles. The van der Waals surface area contributed by atoms with Gasteiger partial charge in [0.1, 0.15) is 0 Å². The predicted octanol–water partition coefficient (Wildman–Crippen LogP) is 3.72. The lowest BCUT2D eigenvalue weighted by Gasteiger charge is -2.04. The largest absolute Gasteiger partial charge is 0.366 e. The van der Waals surface area contributed by atoms with E-state index >= 15 is 0 Å². The highest BCUT2D eigenvalue weighted by atomic mass is 16.1. The molecule has 1 aromatic carbocycles. The van der Waals surface area contributed by atoms with E-state index in [1.165, 1.54) is 18.4 Å². The monoisotopic (exact) mass is 221 g/mol. The molecule has 0 bridgehead atoms. The fraction of sp³-hybridized carbons (Fsp3) is 0.500. The van der Waals surface area contributed by atoms with Crippen LogP contribution in [0, 0.1) is 0 Å². The van der Waals surface area contributed by atoms with E-state index in [9.17, 15) is 4.79 Å². The van der Waals surface area contributed by atoms with Gasteiger partial charge in [0.05, 0.1) is 0 Å². The molecule has 0 aliphatic heterocycles. The average molecular weight is 221 g/mol. The molecule has 0 saturated carbocycles. The standard InChI is InChI=1S/C10H13NO.C4H10/c1-7(2)8-3-5-9(6-4-8)10(11)12;1-3-4-2/h3-7H,1-2H3,(H2,11,12);3-4H2,1-2H3. The third-order valence-electron chi connectivity index (χ3n) is 2.36. The van der Waals surface area contributed by atoms with Gasteiger partial charge in [0.2, 0.25) is 5.91 Å². The maximum absolute atomic E-state index is 10.7. The zero-order valence-corrected chi connectivity index (χ0v) is 10.8. The summed E-state index contributed by atoms with van der Waals surface area (Å²) in [5, 5.41) is 0. The van der Waals surface area contributed by atoms with Gasteiger partial charge in [-0.3, -0.25) is 4.79 Å². The minimum Gasteiger partial charge on any atom is -0.366 e. The van der Waals surface area contributed by atoms with E-state index in [1.54, 1.807) is 12.1 Å². The fourth-order valence-electron chi connectivity index (χ4n) is 1.03. The van der Waals surface area contributed by atoms with Crippen LogP contribution in [0.15, 0.2) is 24.3 Å². The lowest BCUT2D eigenvalue weighted by atomic mass is 10.0. The summed E-state index contributed by atoms with van der Waals surface area (Å²) < 4.78 is 0. The van der Waals surface area contributed by atoms with Gasteiger partial charge < -0.3 is 5.73 Å². The number of carbonyl (C=O) groups excluding carboxylic acids is 1. The van der Waals surface area contributed by atoms with Crippen LogP contribution in [0.3, 0.4) is 0 Å². The second-order valence-electron chi connectivity index (χ2n) is 4.14. The van der Waals surface area contributed by atoms with Crippen LogP contribution in [0.25, 0.3) is 0 Å². The predicted molar refractivity (Wildman–Crippen MR) is 69.6 cm³/mol.